The molecular weight excluding hydrogens is 448 g/mol. The highest BCUT2D eigenvalue weighted by Crippen LogP contribution is 2.33. The van der Waals surface area contributed by atoms with Crippen LogP contribution in [0.1, 0.15) is 29.8 Å². The van der Waals surface area contributed by atoms with Gasteiger partial charge >= 0.3 is 0 Å². The second-order valence-corrected chi connectivity index (χ2v) is 8.44. The van der Waals surface area contributed by atoms with E-state index in [-0.39, 0.29) is 17.4 Å². The number of nitrogens with zero attached hydrogens (tertiary/aromatic N) is 1. The smallest absolute Gasteiger partial charge is 0.258 e. The Morgan fingerprint density at radius 1 is 1.10 bits per heavy atom. The molecule has 0 aliphatic heterocycles. The molecule has 6 nitrogen and oxygen atoms in total. The maximum Gasteiger partial charge on any atom is 0.258 e. The van der Waals surface area contributed by atoms with Gasteiger partial charge in [-0.25, -0.2) is 0 Å². The first kappa shape index (κ1) is 21.9. The number of hydrogen-bond acceptors (Lipinski definition) is 4. The van der Waals surface area contributed by atoms with Gasteiger partial charge in [0.2, 0.25) is 0 Å². The Balaban J connectivity index is 2.21. The minimum Gasteiger partial charge on any atom is -0.493 e. The minimum atomic E-state index is -0.311. The fourth-order valence-corrected chi connectivity index (χ4v) is 3.93. The molecule has 2 aromatic carbocycles. The number of carbonyl (C=O) groups is 1. The van der Waals surface area contributed by atoms with Gasteiger partial charge in [-0.15, -0.1) is 0 Å². The Hall–Kier alpha value is -2.80. The Bertz CT molecular complexity index is 1170. The number of pyridine rings is 1. The fraction of sp³-hybridized carbons (Fsp3) is 0.304. The van der Waals surface area contributed by atoms with E-state index < -0.39 is 0 Å². The van der Waals surface area contributed by atoms with Crippen molar-refractivity contribution in [2.75, 3.05) is 19.5 Å². The fourth-order valence-electron chi connectivity index (χ4n) is 3.34. The van der Waals surface area contributed by atoms with E-state index in [1.54, 1.807) is 22.9 Å². The monoisotopic (exact) mass is 472 g/mol. The van der Waals surface area contributed by atoms with Crippen molar-refractivity contribution in [1.29, 1.82) is 0 Å². The van der Waals surface area contributed by atoms with Crippen LogP contribution in [0.2, 0.25) is 0 Å². The average Bonchev–Trinajstić information content (AvgIpc) is 2.70. The predicted molar refractivity (Wildman–Crippen MR) is 123 cm³/mol. The van der Waals surface area contributed by atoms with Gasteiger partial charge in [0.15, 0.2) is 11.5 Å². The number of fused-ring (bicyclic) bond motifs is 1. The van der Waals surface area contributed by atoms with E-state index in [1.807, 2.05) is 39.0 Å². The second kappa shape index (κ2) is 8.92. The lowest BCUT2D eigenvalue weighted by atomic mass is 10.0. The van der Waals surface area contributed by atoms with Gasteiger partial charge in [0.1, 0.15) is 0 Å². The van der Waals surface area contributed by atoms with E-state index in [4.69, 9.17) is 9.47 Å². The molecule has 1 amide bonds. The van der Waals surface area contributed by atoms with Crippen molar-refractivity contribution in [3.63, 3.8) is 0 Å². The molecule has 3 rings (SSSR count). The van der Waals surface area contributed by atoms with E-state index in [1.165, 1.54) is 14.2 Å². The standard InChI is InChI=1S/C23H25BrN2O4/c1-13(2)11-26-12-17(22(27)25-19-7-6-14(3)8-18(19)24)15-9-20(29-4)21(30-5)10-16(15)23(26)28/h6-10,12-13H,11H2,1-5H3,(H,25,27). The van der Waals surface area contributed by atoms with E-state index in [2.05, 4.69) is 21.2 Å². The highest BCUT2D eigenvalue weighted by Gasteiger charge is 2.19. The van der Waals surface area contributed by atoms with Gasteiger partial charge in [-0.2, -0.15) is 0 Å². The molecular formula is C23H25BrN2O4. The predicted octanol–water partition coefficient (Wildman–Crippen LogP) is 5.00. The number of methoxy groups -OCH3 is 2. The van der Waals surface area contributed by atoms with Crippen LogP contribution in [0.3, 0.4) is 0 Å². The van der Waals surface area contributed by atoms with Crippen LogP contribution >= 0.6 is 15.9 Å². The quantitative estimate of drug-likeness (QED) is 0.547. The number of ether oxygens (including phenoxy) is 2. The summed E-state index contributed by atoms with van der Waals surface area (Å²) in [4.78, 5) is 26.3. The van der Waals surface area contributed by atoms with Crippen LogP contribution in [-0.2, 0) is 6.54 Å². The van der Waals surface area contributed by atoms with E-state index >= 15 is 0 Å². The van der Waals surface area contributed by atoms with E-state index in [0.29, 0.717) is 40.1 Å². The van der Waals surface area contributed by atoms with Crippen molar-refractivity contribution in [3.8, 4) is 11.5 Å². The van der Waals surface area contributed by atoms with E-state index in [0.717, 1.165) is 10.0 Å². The summed E-state index contributed by atoms with van der Waals surface area (Å²) in [5.41, 5.74) is 1.94. The topological polar surface area (TPSA) is 69.6 Å². The van der Waals surface area contributed by atoms with Crippen molar-refractivity contribution in [1.82, 2.24) is 4.57 Å². The number of benzene rings is 2. The number of hydrogen-bond donors (Lipinski definition) is 1. The summed E-state index contributed by atoms with van der Waals surface area (Å²) in [6.07, 6.45) is 1.62. The molecule has 0 unspecified atom stereocenters. The zero-order valence-corrected chi connectivity index (χ0v) is 19.3. The van der Waals surface area contributed by atoms with Gasteiger partial charge in [0.25, 0.3) is 11.5 Å². The van der Waals surface area contributed by atoms with Crippen LogP contribution in [0.25, 0.3) is 10.8 Å². The molecule has 1 N–H and O–H groups in total. The molecule has 0 fully saturated rings. The Kier molecular flexibility index (Phi) is 6.51. The normalized spacial score (nSPS) is 11.0. The molecule has 0 saturated carbocycles. The lowest BCUT2D eigenvalue weighted by Crippen LogP contribution is -2.25. The summed E-state index contributed by atoms with van der Waals surface area (Å²) in [6.45, 7) is 6.52. The molecule has 158 valence electrons. The van der Waals surface area contributed by atoms with E-state index in [9.17, 15) is 9.59 Å². The molecule has 3 aromatic rings. The van der Waals surface area contributed by atoms with Crippen LogP contribution in [0.4, 0.5) is 5.69 Å². The maximum atomic E-state index is 13.2. The number of halogens is 1. The molecule has 0 spiro atoms. The number of amides is 1. The average molecular weight is 473 g/mol. The van der Waals surface area contributed by atoms with Crippen LogP contribution in [0.5, 0.6) is 11.5 Å². The number of aryl methyl sites for hydroxylation is 1. The Morgan fingerprint density at radius 3 is 2.30 bits per heavy atom. The van der Waals surface area contributed by atoms with Crippen molar-refractivity contribution in [3.05, 3.63) is 62.5 Å². The molecule has 0 bridgehead atoms. The minimum absolute atomic E-state index is 0.173. The summed E-state index contributed by atoms with van der Waals surface area (Å²) < 4.78 is 13.1. The molecule has 30 heavy (non-hydrogen) atoms. The first-order valence-corrected chi connectivity index (χ1v) is 10.4. The SMILES string of the molecule is COc1cc2c(C(=O)Nc3ccc(C)cc3Br)cn(CC(C)C)c(=O)c2cc1OC. The van der Waals surface area contributed by atoms with Crippen LogP contribution in [0.15, 0.2) is 45.8 Å². The summed E-state index contributed by atoms with van der Waals surface area (Å²) in [7, 11) is 3.04. The van der Waals surface area contributed by atoms with Crippen LogP contribution in [0, 0.1) is 12.8 Å². The molecule has 0 radical (unpaired) electrons. The molecule has 7 heteroatoms. The number of carbonyl (C=O) groups excluding carboxylic acids is 1. The van der Waals surface area contributed by atoms with Gasteiger partial charge in [-0.1, -0.05) is 19.9 Å². The summed E-state index contributed by atoms with van der Waals surface area (Å²) in [5.74, 6) is 0.824. The highest BCUT2D eigenvalue weighted by atomic mass is 79.9. The molecule has 0 aliphatic carbocycles. The molecule has 0 aliphatic rings. The van der Waals surface area contributed by atoms with Crippen molar-refractivity contribution >= 4 is 38.3 Å². The molecule has 1 heterocycles. The van der Waals surface area contributed by atoms with Crippen LogP contribution < -0.4 is 20.3 Å². The van der Waals surface area contributed by atoms with Crippen molar-refractivity contribution < 1.29 is 14.3 Å². The first-order chi connectivity index (χ1) is 14.2. The van der Waals surface area contributed by atoms with Crippen molar-refractivity contribution in [2.24, 2.45) is 5.92 Å². The number of anilines is 1. The number of aromatic nitrogens is 1. The summed E-state index contributed by atoms with van der Waals surface area (Å²) >= 11 is 3.49. The maximum absolute atomic E-state index is 13.2. The second-order valence-electron chi connectivity index (χ2n) is 7.58. The third kappa shape index (κ3) is 4.36. The Morgan fingerprint density at radius 2 is 1.73 bits per heavy atom. The van der Waals surface area contributed by atoms with Gasteiger partial charge in [-0.05, 0) is 58.6 Å². The highest BCUT2D eigenvalue weighted by molar-refractivity contribution is 9.10. The molecule has 0 saturated heterocycles. The van der Waals surface area contributed by atoms with Gasteiger partial charge in [0.05, 0.1) is 30.9 Å². The molecule has 1 aromatic heterocycles. The van der Waals surface area contributed by atoms with Crippen LogP contribution in [-0.4, -0.2) is 24.7 Å². The first-order valence-electron chi connectivity index (χ1n) is 9.61. The lowest BCUT2D eigenvalue weighted by molar-refractivity contribution is 0.102. The summed E-state index contributed by atoms with van der Waals surface area (Å²) in [5, 5.41) is 3.86. The van der Waals surface area contributed by atoms with Gasteiger partial charge in [0, 0.05) is 22.6 Å². The third-order valence-electron chi connectivity index (χ3n) is 4.77. The summed E-state index contributed by atoms with van der Waals surface area (Å²) in [6, 6.07) is 9.00. The van der Waals surface area contributed by atoms with Gasteiger partial charge in [-0.3, -0.25) is 9.59 Å². The number of rotatable bonds is 6. The lowest BCUT2D eigenvalue weighted by Gasteiger charge is -2.16. The Labute approximate surface area is 183 Å². The van der Waals surface area contributed by atoms with Gasteiger partial charge < -0.3 is 19.4 Å². The van der Waals surface area contributed by atoms with Crippen molar-refractivity contribution in [2.45, 2.75) is 27.3 Å². The third-order valence-corrected chi connectivity index (χ3v) is 5.43. The number of nitrogens with one attached hydrogen (secondary N) is 1. The molecule has 0 atom stereocenters. The zero-order chi connectivity index (χ0) is 22.0. The largest absolute Gasteiger partial charge is 0.493 e. The zero-order valence-electron chi connectivity index (χ0n) is 17.7.